The van der Waals surface area contributed by atoms with Crippen molar-refractivity contribution in [1.82, 2.24) is 9.97 Å². The lowest BCUT2D eigenvalue weighted by Gasteiger charge is -2.31. The van der Waals surface area contributed by atoms with Crippen LogP contribution in [0.15, 0.2) is 30.6 Å². The maximum Gasteiger partial charge on any atom is 0.419 e. The Morgan fingerprint density at radius 2 is 1.94 bits per heavy atom. The summed E-state index contributed by atoms with van der Waals surface area (Å²) in [5.41, 5.74) is -1.73. The average Bonchev–Trinajstić information content (AvgIpc) is 2.73. The highest BCUT2D eigenvalue weighted by Crippen LogP contribution is 2.41. The molecule has 9 nitrogen and oxygen atoms in total. The third-order valence-corrected chi connectivity index (χ3v) is 4.77. The average molecular weight is 440 g/mol. The molecular formula is C19H19F3N4O5. The summed E-state index contributed by atoms with van der Waals surface area (Å²) in [5.74, 6) is -1.94. The lowest BCUT2D eigenvalue weighted by atomic mass is 9.97. The molecule has 0 radical (unpaired) electrons. The van der Waals surface area contributed by atoms with Crippen molar-refractivity contribution in [3.63, 3.8) is 0 Å². The molecule has 0 amide bonds. The van der Waals surface area contributed by atoms with Crippen LogP contribution < -0.4 is 9.64 Å². The summed E-state index contributed by atoms with van der Waals surface area (Å²) in [5, 5.41) is 11.7. The van der Waals surface area contributed by atoms with Crippen LogP contribution in [0.4, 0.5) is 24.7 Å². The van der Waals surface area contributed by atoms with Gasteiger partial charge in [0.1, 0.15) is 12.1 Å². The standard InChI is InChI=1S/C19H19F3N4O5/c1-2-30-18(27)12-7-9-25(10-8-12)16-15(26(28)29)17(24-11-23-16)31-14-6-4-3-5-13(14)19(20,21)22/h3-6,11-12H,2,7-10H2,1H3. The first kappa shape index (κ1) is 22.2. The molecule has 1 saturated heterocycles. The fraction of sp³-hybridized carbons (Fsp3) is 0.421. The molecule has 3 rings (SSSR count). The van der Waals surface area contributed by atoms with E-state index in [1.165, 1.54) is 12.1 Å². The molecule has 1 aliphatic heterocycles. The van der Waals surface area contributed by atoms with Gasteiger partial charge in [0.05, 0.1) is 23.0 Å². The minimum Gasteiger partial charge on any atom is -0.466 e. The minimum absolute atomic E-state index is 0.0817. The van der Waals surface area contributed by atoms with E-state index in [-0.39, 0.29) is 37.4 Å². The Morgan fingerprint density at radius 3 is 2.55 bits per heavy atom. The number of alkyl halides is 3. The largest absolute Gasteiger partial charge is 0.466 e. The molecule has 0 saturated carbocycles. The predicted molar refractivity (Wildman–Crippen MR) is 102 cm³/mol. The van der Waals surface area contributed by atoms with E-state index in [2.05, 4.69) is 9.97 Å². The Hall–Kier alpha value is -3.44. The lowest BCUT2D eigenvalue weighted by Crippen LogP contribution is -2.37. The van der Waals surface area contributed by atoms with Gasteiger partial charge >= 0.3 is 23.7 Å². The fourth-order valence-corrected chi connectivity index (χ4v) is 3.30. The van der Waals surface area contributed by atoms with Crippen LogP contribution in [0.3, 0.4) is 0 Å². The van der Waals surface area contributed by atoms with Gasteiger partial charge in [-0.2, -0.15) is 18.2 Å². The van der Waals surface area contributed by atoms with Gasteiger partial charge in [-0.25, -0.2) is 4.98 Å². The molecule has 2 heterocycles. The highest BCUT2D eigenvalue weighted by Gasteiger charge is 2.37. The van der Waals surface area contributed by atoms with Gasteiger partial charge in [-0.15, -0.1) is 0 Å². The number of esters is 1. The summed E-state index contributed by atoms with van der Waals surface area (Å²) in [7, 11) is 0. The van der Waals surface area contributed by atoms with Crippen LogP contribution in [0.5, 0.6) is 11.6 Å². The van der Waals surface area contributed by atoms with Crippen molar-refractivity contribution < 1.29 is 32.4 Å². The van der Waals surface area contributed by atoms with Gasteiger partial charge in [0.2, 0.25) is 5.82 Å². The van der Waals surface area contributed by atoms with Gasteiger partial charge in [0.25, 0.3) is 0 Å². The van der Waals surface area contributed by atoms with E-state index in [1.807, 2.05) is 0 Å². The van der Waals surface area contributed by atoms with Gasteiger partial charge in [-0.1, -0.05) is 12.1 Å². The zero-order chi connectivity index (χ0) is 22.6. The number of ether oxygens (including phenoxy) is 2. The Kier molecular flexibility index (Phi) is 6.56. The first-order valence-electron chi connectivity index (χ1n) is 9.47. The molecule has 0 aliphatic carbocycles. The first-order chi connectivity index (χ1) is 14.7. The van der Waals surface area contributed by atoms with Crippen LogP contribution in [0, 0.1) is 16.0 Å². The molecule has 0 N–H and O–H groups in total. The number of para-hydroxylation sites is 1. The van der Waals surface area contributed by atoms with Crippen LogP contribution in [0.1, 0.15) is 25.3 Å². The van der Waals surface area contributed by atoms with Crippen molar-refractivity contribution in [2.75, 3.05) is 24.6 Å². The number of piperidine rings is 1. The summed E-state index contributed by atoms with van der Waals surface area (Å²) in [4.78, 5) is 32.1. The lowest BCUT2D eigenvalue weighted by molar-refractivity contribution is -0.385. The smallest absolute Gasteiger partial charge is 0.419 e. The number of anilines is 1. The van der Waals surface area contributed by atoms with E-state index < -0.39 is 34.0 Å². The van der Waals surface area contributed by atoms with Crippen LogP contribution in [0.25, 0.3) is 0 Å². The molecule has 0 unspecified atom stereocenters. The van der Waals surface area contributed by atoms with E-state index in [4.69, 9.17) is 9.47 Å². The Morgan fingerprint density at radius 1 is 1.26 bits per heavy atom. The molecule has 1 fully saturated rings. The number of carbonyl (C=O) groups excluding carboxylic acids is 1. The number of carbonyl (C=O) groups is 1. The molecule has 0 bridgehead atoms. The number of hydrogen-bond acceptors (Lipinski definition) is 8. The SMILES string of the molecule is CCOC(=O)C1CCN(c2ncnc(Oc3ccccc3C(F)(F)F)c2[N+](=O)[O-])CC1. The second-order valence-corrected chi connectivity index (χ2v) is 6.72. The summed E-state index contributed by atoms with van der Waals surface area (Å²) in [6.45, 7) is 2.52. The van der Waals surface area contributed by atoms with E-state index in [0.29, 0.717) is 12.8 Å². The van der Waals surface area contributed by atoms with E-state index in [9.17, 15) is 28.1 Å². The zero-order valence-corrected chi connectivity index (χ0v) is 16.5. The van der Waals surface area contributed by atoms with Gasteiger partial charge in [-0.3, -0.25) is 14.9 Å². The van der Waals surface area contributed by atoms with Gasteiger partial charge in [0, 0.05) is 13.1 Å². The molecule has 0 spiro atoms. The molecule has 12 heteroatoms. The number of nitro groups is 1. The normalized spacial score (nSPS) is 14.9. The molecule has 166 valence electrons. The van der Waals surface area contributed by atoms with Crippen molar-refractivity contribution in [3.8, 4) is 11.6 Å². The molecule has 1 aromatic heterocycles. The number of benzene rings is 1. The van der Waals surface area contributed by atoms with Gasteiger partial charge in [-0.05, 0) is 31.9 Å². The zero-order valence-electron chi connectivity index (χ0n) is 16.5. The monoisotopic (exact) mass is 440 g/mol. The van der Waals surface area contributed by atoms with Crippen molar-refractivity contribution >= 4 is 17.5 Å². The summed E-state index contributed by atoms with van der Waals surface area (Å²) >= 11 is 0. The van der Waals surface area contributed by atoms with Crippen molar-refractivity contribution in [1.29, 1.82) is 0 Å². The summed E-state index contributed by atoms with van der Waals surface area (Å²) < 4.78 is 50.0. The number of aromatic nitrogens is 2. The highest BCUT2D eigenvalue weighted by molar-refractivity contribution is 5.73. The highest BCUT2D eigenvalue weighted by atomic mass is 19.4. The van der Waals surface area contributed by atoms with Crippen LogP contribution in [-0.2, 0) is 15.7 Å². The van der Waals surface area contributed by atoms with Gasteiger partial charge < -0.3 is 14.4 Å². The molecule has 2 aromatic rings. The van der Waals surface area contributed by atoms with Crippen LogP contribution in [0.2, 0.25) is 0 Å². The summed E-state index contributed by atoms with van der Waals surface area (Å²) in [6.07, 6.45) is -2.93. The molecule has 1 aromatic carbocycles. The predicted octanol–water partition coefficient (Wildman–Crippen LogP) is 3.98. The number of halogens is 3. The Bertz CT molecular complexity index is 962. The van der Waals surface area contributed by atoms with Crippen molar-refractivity contribution in [2.45, 2.75) is 25.9 Å². The fourth-order valence-electron chi connectivity index (χ4n) is 3.30. The van der Waals surface area contributed by atoms with E-state index >= 15 is 0 Å². The van der Waals surface area contributed by atoms with Crippen LogP contribution in [-0.4, -0.2) is 40.6 Å². The molecular weight excluding hydrogens is 421 g/mol. The molecule has 1 aliphatic rings. The van der Waals surface area contributed by atoms with E-state index in [0.717, 1.165) is 18.5 Å². The molecule has 0 atom stereocenters. The van der Waals surface area contributed by atoms with Crippen molar-refractivity contribution in [2.24, 2.45) is 5.92 Å². The maximum absolute atomic E-state index is 13.2. The van der Waals surface area contributed by atoms with Crippen molar-refractivity contribution in [3.05, 3.63) is 46.3 Å². The first-order valence-corrected chi connectivity index (χ1v) is 9.47. The molecule has 31 heavy (non-hydrogen) atoms. The second-order valence-electron chi connectivity index (χ2n) is 6.72. The number of nitrogens with zero attached hydrogens (tertiary/aromatic N) is 4. The Labute approximate surface area is 175 Å². The van der Waals surface area contributed by atoms with E-state index in [1.54, 1.807) is 11.8 Å². The summed E-state index contributed by atoms with van der Waals surface area (Å²) in [6, 6.07) is 4.37. The third-order valence-electron chi connectivity index (χ3n) is 4.77. The number of rotatable bonds is 6. The quantitative estimate of drug-likeness (QED) is 0.377. The second kappa shape index (κ2) is 9.14. The van der Waals surface area contributed by atoms with Crippen LogP contribution >= 0.6 is 0 Å². The topological polar surface area (TPSA) is 108 Å². The maximum atomic E-state index is 13.2. The Balaban J connectivity index is 1.89. The number of hydrogen-bond donors (Lipinski definition) is 0. The minimum atomic E-state index is -4.71. The third kappa shape index (κ3) is 5.01. The van der Waals surface area contributed by atoms with Gasteiger partial charge in [0.15, 0.2) is 0 Å².